The number of allylic oxidation sites excluding steroid dienone is 1. The van der Waals surface area contributed by atoms with Gasteiger partial charge in [0, 0.05) is 24.1 Å². The number of nitrogens with zero attached hydrogens (tertiary/aromatic N) is 3. The van der Waals surface area contributed by atoms with Crippen molar-refractivity contribution >= 4 is 23.1 Å². The highest BCUT2D eigenvalue weighted by Crippen LogP contribution is 2.56. The van der Waals surface area contributed by atoms with E-state index in [0.29, 0.717) is 18.7 Å². The fraction of sp³-hybridized carbons (Fsp3) is 0.320. The zero-order chi connectivity index (χ0) is 24.1. The van der Waals surface area contributed by atoms with E-state index in [0.717, 1.165) is 46.1 Å². The van der Waals surface area contributed by atoms with Crippen molar-refractivity contribution in [3.63, 3.8) is 0 Å². The summed E-state index contributed by atoms with van der Waals surface area (Å²) in [5, 5.41) is 3.71. The summed E-state index contributed by atoms with van der Waals surface area (Å²) in [6, 6.07) is 11.7. The largest absolute Gasteiger partial charge is 0.416 e. The molecule has 1 aromatic carbocycles. The number of aromatic nitrogens is 2. The van der Waals surface area contributed by atoms with Gasteiger partial charge in [-0.05, 0) is 56.2 Å². The Morgan fingerprint density at radius 1 is 1.15 bits per heavy atom. The second kappa shape index (κ2) is 8.23. The summed E-state index contributed by atoms with van der Waals surface area (Å²) < 4.78 is 39.6. The lowest BCUT2D eigenvalue weighted by atomic mass is 10.1. The van der Waals surface area contributed by atoms with Crippen LogP contribution in [0.1, 0.15) is 46.0 Å². The molecule has 5 rings (SSSR count). The highest BCUT2D eigenvalue weighted by molar-refractivity contribution is 7.15. The van der Waals surface area contributed by atoms with E-state index in [2.05, 4.69) is 15.3 Å². The van der Waals surface area contributed by atoms with E-state index < -0.39 is 11.7 Å². The molecular formula is C25H23F3N4OS. The summed E-state index contributed by atoms with van der Waals surface area (Å²) in [5.74, 6) is -0.0911. The number of hydrogen-bond donors (Lipinski definition) is 1. The summed E-state index contributed by atoms with van der Waals surface area (Å²) in [6.45, 7) is 3.98. The molecule has 1 aliphatic heterocycles. The number of thiazole rings is 1. The zero-order valence-electron chi connectivity index (χ0n) is 18.7. The monoisotopic (exact) mass is 484 g/mol. The van der Waals surface area contributed by atoms with Crippen molar-refractivity contribution in [2.24, 2.45) is 5.41 Å². The van der Waals surface area contributed by atoms with Gasteiger partial charge in [-0.3, -0.25) is 4.79 Å². The lowest BCUT2D eigenvalue weighted by molar-refractivity contribution is -0.137. The zero-order valence-corrected chi connectivity index (χ0v) is 19.6. The number of rotatable bonds is 4. The van der Waals surface area contributed by atoms with E-state index in [1.54, 1.807) is 11.1 Å². The lowest BCUT2D eigenvalue weighted by Gasteiger charge is -2.18. The normalized spacial score (nSPS) is 18.0. The Hall–Kier alpha value is -3.20. The van der Waals surface area contributed by atoms with E-state index in [4.69, 9.17) is 0 Å². The van der Waals surface area contributed by atoms with Gasteiger partial charge in [-0.15, -0.1) is 11.3 Å². The number of anilines is 1. The SMILES string of the molecule is Cc1cc(C(F)(F)F)cc(N/C=C2\CC3(CC3)CN2C(=O)c2nc(C)sc2-c2ccccc2)n1. The average molecular weight is 485 g/mol. The minimum atomic E-state index is -4.46. The molecule has 34 heavy (non-hydrogen) atoms. The highest BCUT2D eigenvalue weighted by Gasteiger charge is 2.51. The first kappa shape index (κ1) is 22.6. The molecule has 3 heterocycles. The molecule has 2 aliphatic rings. The smallest absolute Gasteiger partial charge is 0.345 e. The topological polar surface area (TPSA) is 58.1 Å². The van der Waals surface area contributed by atoms with Crippen molar-refractivity contribution in [1.82, 2.24) is 14.9 Å². The fourth-order valence-electron chi connectivity index (χ4n) is 4.36. The summed E-state index contributed by atoms with van der Waals surface area (Å²) in [7, 11) is 0. The van der Waals surface area contributed by atoms with Gasteiger partial charge in [0.15, 0.2) is 0 Å². The van der Waals surface area contributed by atoms with Gasteiger partial charge in [0.1, 0.15) is 11.5 Å². The molecule has 1 N–H and O–H groups in total. The predicted molar refractivity (Wildman–Crippen MR) is 125 cm³/mol. The van der Waals surface area contributed by atoms with Gasteiger partial charge >= 0.3 is 6.18 Å². The minimum absolute atomic E-state index is 0.0539. The Labute approximate surface area is 199 Å². The first-order chi connectivity index (χ1) is 16.1. The highest BCUT2D eigenvalue weighted by atomic mass is 32.1. The Morgan fingerprint density at radius 3 is 2.56 bits per heavy atom. The Bertz CT molecular complexity index is 1280. The van der Waals surface area contributed by atoms with Gasteiger partial charge < -0.3 is 10.2 Å². The third-order valence-electron chi connectivity index (χ3n) is 6.24. The van der Waals surface area contributed by atoms with Crippen LogP contribution in [-0.4, -0.2) is 27.3 Å². The van der Waals surface area contributed by atoms with Crippen LogP contribution in [0.5, 0.6) is 0 Å². The maximum Gasteiger partial charge on any atom is 0.416 e. The third kappa shape index (κ3) is 4.44. The Kier molecular flexibility index (Phi) is 5.47. The molecule has 1 amide bonds. The van der Waals surface area contributed by atoms with Crippen molar-refractivity contribution in [3.05, 3.63) is 76.3 Å². The third-order valence-corrected chi connectivity index (χ3v) is 7.26. The molecular weight excluding hydrogens is 461 g/mol. The number of amides is 1. The average Bonchev–Trinajstić information content (AvgIpc) is 3.27. The molecule has 1 spiro atoms. The number of alkyl halides is 3. The molecule has 1 aliphatic carbocycles. The second-order valence-corrected chi connectivity index (χ2v) is 10.2. The minimum Gasteiger partial charge on any atom is -0.345 e. The Morgan fingerprint density at radius 2 is 1.88 bits per heavy atom. The van der Waals surface area contributed by atoms with Crippen molar-refractivity contribution in [2.45, 2.75) is 39.3 Å². The summed E-state index contributed by atoms with van der Waals surface area (Å²) in [6.07, 6.45) is -0.101. The number of nitrogens with one attached hydrogen (secondary N) is 1. The van der Waals surface area contributed by atoms with Crippen LogP contribution in [0.4, 0.5) is 19.0 Å². The standard InChI is InChI=1S/C25H23F3N4OS/c1-15-10-18(25(26,27)28)11-20(30-15)29-13-19-12-24(8-9-24)14-32(19)23(33)21-22(34-16(2)31-21)17-6-4-3-5-7-17/h3-7,10-11,13H,8-9,12,14H2,1-2H3,(H,29,30)/b19-13+. The Balaban J connectivity index is 1.45. The molecule has 176 valence electrons. The molecule has 0 bridgehead atoms. The molecule has 9 heteroatoms. The fourth-order valence-corrected chi connectivity index (χ4v) is 5.28. The molecule has 0 unspecified atom stereocenters. The number of likely N-dealkylation sites (tertiary alicyclic amines) is 1. The molecule has 1 saturated heterocycles. The van der Waals surface area contributed by atoms with Crippen LogP contribution in [0.3, 0.4) is 0 Å². The quantitative estimate of drug-likeness (QED) is 0.464. The van der Waals surface area contributed by atoms with Crippen molar-refractivity contribution in [3.8, 4) is 10.4 Å². The second-order valence-electron chi connectivity index (χ2n) is 9.00. The summed E-state index contributed by atoms with van der Waals surface area (Å²) >= 11 is 1.48. The molecule has 2 fully saturated rings. The predicted octanol–water partition coefficient (Wildman–Crippen LogP) is 6.42. The lowest BCUT2D eigenvalue weighted by Crippen LogP contribution is -2.29. The van der Waals surface area contributed by atoms with Gasteiger partial charge in [-0.1, -0.05) is 30.3 Å². The number of carbonyl (C=O) groups excluding carboxylic acids is 1. The first-order valence-corrected chi connectivity index (χ1v) is 11.8. The molecule has 3 aromatic rings. The number of benzene rings is 1. The van der Waals surface area contributed by atoms with Crippen LogP contribution in [0.15, 0.2) is 54.4 Å². The number of carbonyl (C=O) groups is 1. The van der Waals surface area contributed by atoms with Crippen LogP contribution in [0.2, 0.25) is 0 Å². The van der Waals surface area contributed by atoms with Crippen LogP contribution in [0, 0.1) is 19.3 Å². The number of pyridine rings is 1. The first-order valence-electron chi connectivity index (χ1n) is 11.0. The van der Waals surface area contributed by atoms with E-state index in [-0.39, 0.29) is 22.8 Å². The summed E-state index contributed by atoms with van der Waals surface area (Å²) in [4.78, 5) is 24.9. The van der Waals surface area contributed by atoms with E-state index in [1.165, 1.54) is 18.3 Å². The van der Waals surface area contributed by atoms with Crippen LogP contribution < -0.4 is 5.32 Å². The molecule has 2 aromatic heterocycles. The van der Waals surface area contributed by atoms with E-state index >= 15 is 0 Å². The summed E-state index contributed by atoms with van der Waals surface area (Å²) in [5.41, 5.74) is 1.64. The molecule has 5 nitrogen and oxygen atoms in total. The maximum absolute atomic E-state index is 13.7. The van der Waals surface area contributed by atoms with E-state index in [9.17, 15) is 18.0 Å². The van der Waals surface area contributed by atoms with Crippen molar-refractivity contribution < 1.29 is 18.0 Å². The van der Waals surface area contributed by atoms with Crippen molar-refractivity contribution in [1.29, 1.82) is 0 Å². The van der Waals surface area contributed by atoms with Crippen LogP contribution in [-0.2, 0) is 6.18 Å². The van der Waals surface area contributed by atoms with E-state index in [1.807, 2.05) is 37.3 Å². The molecule has 1 saturated carbocycles. The van der Waals surface area contributed by atoms with Gasteiger partial charge in [0.2, 0.25) is 0 Å². The van der Waals surface area contributed by atoms with Gasteiger partial charge in [-0.25, -0.2) is 9.97 Å². The van der Waals surface area contributed by atoms with Gasteiger partial charge in [0.25, 0.3) is 5.91 Å². The van der Waals surface area contributed by atoms with Crippen LogP contribution >= 0.6 is 11.3 Å². The molecule has 0 radical (unpaired) electrons. The molecule has 0 atom stereocenters. The number of hydrogen-bond acceptors (Lipinski definition) is 5. The van der Waals surface area contributed by atoms with Crippen molar-refractivity contribution in [2.75, 3.05) is 11.9 Å². The number of aryl methyl sites for hydroxylation is 2. The van der Waals surface area contributed by atoms with Crippen LogP contribution in [0.25, 0.3) is 10.4 Å². The maximum atomic E-state index is 13.7. The number of halogens is 3. The van der Waals surface area contributed by atoms with Gasteiger partial charge in [0.05, 0.1) is 15.4 Å². The van der Waals surface area contributed by atoms with Gasteiger partial charge in [-0.2, -0.15) is 13.2 Å².